The minimum atomic E-state index is 0.646. The average molecular weight is 277 g/mol. The van der Waals surface area contributed by atoms with E-state index in [1.807, 2.05) is 12.1 Å². The van der Waals surface area contributed by atoms with E-state index >= 15 is 0 Å². The molecule has 0 spiro atoms. The Hall–Kier alpha value is -1.18. The van der Waals surface area contributed by atoms with E-state index in [0.717, 1.165) is 49.5 Å². The fourth-order valence-corrected chi connectivity index (χ4v) is 1.84. The second kappa shape index (κ2) is 8.89. The molecular weight excluding hydrogens is 248 g/mol. The van der Waals surface area contributed by atoms with Crippen LogP contribution in [-0.4, -0.2) is 13.2 Å². The van der Waals surface area contributed by atoms with Crippen molar-refractivity contribution in [3.05, 3.63) is 30.7 Å². The highest BCUT2D eigenvalue weighted by Gasteiger charge is 2.10. The van der Waals surface area contributed by atoms with Gasteiger partial charge in [-0.25, -0.2) is 0 Å². The van der Waals surface area contributed by atoms with Crippen molar-refractivity contribution in [1.29, 1.82) is 0 Å². The van der Waals surface area contributed by atoms with Crippen molar-refractivity contribution < 1.29 is 9.47 Å². The van der Waals surface area contributed by atoms with Crippen molar-refractivity contribution in [3.63, 3.8) is 0 Å². The van der Waals surface area contributed by atoms with Gasteiger partial charge in [-0.3, -0.25) is 0 Å². The molecule has 1 radical (unpaired) electrons. The van der Waals surface area contributed by atoms with E-state index in [2.05, 4.69) is 40.7 Å². The van der Waals surface area contributed by atoms with Crippen molar-refractivity contribution in [2.75, 3.05) is 13.2 Å². The van der Waals surface area contributed by atoms with Gasteiger partial charge in [0.1, 0.15) is 0 Å². The van der Waals surface area contributed by atoms with Crippen LogP contribution in [0.3, 0.4) is 0 Å². The summed E-state index contributed by atoms with van der Waals surface area (Å²) in [7, 11) is 0. The molecule has 113 valence electrons. The third-order valence-electron chi connectivity index (χ3n) is 3.22. The fraction of sp³-hybridized carbons (Fsp3) is 0.611. The Morgan fingerprint density at radius 3 is 2.10 bits per heavy atom. The Morgan fingerprint density at radius 2 is 1.55 bits per heavy atom. The van der Waals surface area contributed by atoms with E-state index in [9.17, 15) is 0 Å². The zero-order chi connectivity index (χ0) is 15.0. The maximum absolute atomic E-state index is 5.96. The van der Waals surface area contributed by atoms with Crippen LogP contribution < -0.4 is 9.47 Å². The smallest absolute Gasteiger partial charge is 0.164 e. The molecule has 0 amide bonds. The first kappa shape index (κ1) is 16.9. The van der Waals surface area contributed by atoms with E-state index in [1.165, 1.54) is 0 Å². The first-order chi connectivity index (χ1) is 9.54. The van der Waals surface area contributed by atoms with Crippen LogP contribution in [0.2, 0.25) is 0 Å². The summed E-state index contributed by atoms with van der Waals surface area (Å²) in [5.41, 5.74) is 1.12. The molecule has 0 atom stereocenters. The molecule has 1 aromatic carbocycles. The highest BCUT2D eigenvalue weighted by Crippen LogP contribution is 2.32. The SMILES string of the molecule is [CH2]Cc1cccc(OCCC(C)C)c1OCCC(C)C. The Bertz CT molecular complexity index is 383. The van der Waals surface area contributed by atoms with Crippen LogP contribution in [0.25, 0.3) is 0 Å². The summed E-state index contributed by atoms with van der Waals surface area (Å²) in [4.78, 5) is 0. The van der Waals surface area contributed by atoms with E-state index in [1.54, 1.807) is 0 Å². The zero-order valence-corrected chi connectivity index (χ0v) is 13.4. The minimum Gasteiger partial charge on any atom is -0.490 e. The summed E-state index contributed by atoms with van der Waals surface area (Å²) in [6, 6.07) is 6.07. The summed E-state index contributed by atoms with van der Waals surface area (Å²) in [5.74, 6) is 3.03. The number of rotatable bonds is 9. The van der Waals surface area contributed by atoms with Crippen molar-refractivity contribution in [2.24, 2.45) is 11.8 Å². The van der Waals surface area contributed by atoms with Crippen LogP contribution in [0.15, 0.2) is 18.2 Å². The average Bonchev–Trinajstić information content (AvgIpc) is 2.39. The number of para-hydroxylation sites is 1. The Morgan fingerprint density at radius 1 is 0.950 bits per heavy atom. The van der Waals surface area contributed by atoms with E-state index < -0.39 is 0 Å². The standard InChI is InChI=1S/C18H29O2/c1-6-16-8-7-9-17(19-12-10-14(2)3)18(16)20-13-11-15(4)5/h7-9,14-15H,1,6,10-13H2,2-5H3. The first-order valence-corrected chi connectivity index (χ1v) is 7.71. The minimum absolute atomic E-state index is 0.646. The third kappa shape index (κ3) is 5.85. The van der Waals surface area contributed by atoms with Gasteiger partial charge >= 0.3 is 0 Å². The largest absolute Gasteiger partial charge is 0.490 e. The van der Waals surface area contributed by atoms with Gasteiger partial charge in [0.15, 0.2) is 11.5 Å². The highest BCUT2D eigenvalue weighted by molar-refractivity contribution is 5.47. The van der Waals surface area contributed by atoms with Gasteiger partial charge in [-0.2, -0.15) is 0 Å². The van der Waals surface area contributed by atoms with E-state index in [4.69, 9.17) is 9.47 Å². The lowest BCUT2D eigenvalue weighted by Crippen LogP contribution is -2.07. The summed E-state index contributed by atoms with van der Waals surface area (Å²) < 4.78 is 11.9. The number of hydrogen-bond acceptors (Lipinski definition) is 2. The predicted molar refractivity (Wildman–Crippen MR) is 85.4 cm³/mol. The maximum atomic E-state index is 5.96. The number of ether oxygens (including phenoxy) is 2. The van der Waals surface area contributed by atoms with Gasteiger partial charge in [0.05, 0.1) is 13.2 Å². The molecule has 0 aliphatic rings. The van der Waals surface area contributed by atoms with Crippen LogP contribution in [0.4, 0.5) is 0 Å². The molecule has 0 unspecified atom stereocenters. The predicted octanol–water partition coefficient (Wildman–Crippen LogP) is 4.91. The molecule has 20 heavy (non-hydrogen) atoms. The number of benzene rings is 1. The van der Waals surface area contributed by atoms with Gasteiger partial charge in [-0.05, 0) is 49.7 Å². The quantitative estimate of drug-likeness (QED) is 0.638. The molecule has 2 nitrogen and oxygen atoms in total. The summed E-state index contributed by atoms with van der Waals surface area (Å²) in [5, 5.41) is 0. The van der Waals surface area contributed by atoms with E-state index in [-0.39, 0.29) is 0 Å². The Labute approximate surface area is 124 Å². The van der Waals surface area contributed by atoms with Gasteiger partial charge in [-0.15, -0.1) is 0 Å². The van der Waals surface area contributed by atoms with Crippen LogP contribution >= 0.6 is 0 Å². The van der Waals surface area contributed by atoms with Crippen molar-refractivity contribution in [3.8, 4) is 11.5 Å². The van der Waals surface area contributed by atoms with Crippen LogP contribution in [0, 0.1) is 18.8 Å². The monoisotopic (exact) mass is 277 g/mol. The van der Waals surface area contributed by atoms with Gasteiger partial charge in [-0.1, -0.05) is 39.8 Å². The zero-order valence-electron chi connectivity index (χ0n) is 13.4. The molecule has 1 aromatic rings. The summed E-state index contributed by atoms with van der Waals surface area (Å²) in [6.07, 6.45) is 2.83. The highest BCUT2D eigenvalue weighted by atomic mass is 16.5. The first-order valence-electron chi connectivity index (χ1n) is 7.71. The lowest BCUT2D eigenvalue weighted by atomic mass is 10.1. The van der Waals surface area contributed by atoms with Crippen LogP contribution in [0.5, 0.6) is 11.5 Å². The molecule has 0 fully saturated rings. The second-order valence-electron chi connectivity index (χ2n) is 6.06. The van der Waals surface area contributed by atoms with Crippen molar-refractivity contribution in [1.82, 2.24) is 0 Å². The Balaban J connectivity index is 2.70. The maximum Gasteiger partial charge on any atom is 0.164 e. The second-order valence-corrected chi connectivity index (χ2v) is 6.06. The molecule has 1 rings (SSSR count). The van der Waals surface area contributed by atoms with E-state index in [0.29, 0.717) is 11.8 Å². The lowest BCUT2D eigenvalue weighted by Gasteiger charge is -2.17. The molecule has 0 saturated carbocycles. The molecule has 0 heterocycles. The van der Waals surface area contributed by atoms with Crippen molar-refractivity contribution in [2.45, 2.75) is 47.0 Å². The van der Waals surface area contributed by atoms with Gasteiger partial charge in [0, 0.05) is 0 Å². The van der Waals surface area contributed by atoms with Gasteiger partial charge in [0.25, 0.3) is 0 Å². The molecule has 0 bridgehead atoms. The molecule has 0 aromatic heterocycles. The van der Waals surface area contributed by atoms with Crippen LogP contribution in [0.1, 0.15) is 46.1 Å². The van der Waals surface area contributed by atoms with Crippen molar-refractivity contribution >= 4 is 0 Å². The van der Waals surface area contributed by atoms with Gasteiger partial charge in [0.2, 0.25) is 0 Å². The molecule has 0 aliphatic heterocycles. The number of hydrogen-bond donors (Lipinski definition) is 0. The summed E-state index contributed by atoms with van der Waals surface area (Å²) >= 11 is 0. The lowest BCUT2D eigenvalue weighted by molar-refractivity contribution is 0.245. The molecular formula is C18H29O2. The summed E-state index contributed by atoms with van der Waals surface area (Å²) in [6.45, 7) is 14.3. The molecule has 0 aliphatic carbocycles. The topological polar surface area (TPSA) is 18.5 Å². The molecule has 0 N–H and O–H groups in total. The Kier molecular flexibility index (Phi) is 7.50. The van der Waals surface area contributed by atoms with Gasteiger partial charge < -0.3 is 9.47 Å². The fourth-order valence-electron chi connectivity index (χ4n) is 1.84. The molecule has 2 heteroatoms. The molecule has 0 saturated heterocycles. The van der Waals surface area contributed by atoms with Crippen LogP contribution in [-0.2, 0) is 6.42 Å². The third-order valence-corrected chi connectivity index (χ3v) is 3.22. The normalized spacial score (nSPS) is 11.2.